The van der Waals surface area contributed by atoms with E-state index >= 15 is 0 Å². The molecule has 5 aromatic rings. The summed E-state index contributed by atoms with van der Waals surface area (Å²) in [6.07, 6.45) is 6.30. The van der Waals surface area contributed by atoms with E-state index in [0.717, 1.165) is 72.8 Å². The largest absolute Gasteiger partial charge is 0.497 e. The van der Waals surface area contributed by atoms with E-state index in [1.165, 1.54) is 0 Å². The zero-order valence-electron chi connectivity index (χ0n) is 31.5. The van der Waals surface area contributed by atoms with Gasteiger partial charge in [0.2, 0.25) is 0 Å². The smallest absolute Gasteiger partial charge is 0.336 e. The average molecular weight is 709 g/mol. The molecule has 4 heterocycles. The predicted octanol–water partition coefficient (Wildman–Crippen LogP) is 6.23. The normalized spacial score (nSPS) is 14.8. The van der Waals surface area contributed by atoms with Crippen LogP contribution < -0.4 is 24.0 Å². The Morgan fingerprint density at radius 2 is 1.52 bits per heavy atom. The van der Waals surface area contributed by atoms with Crippen molar-refractivity contribution in [2.24, 2.45) is 0 Å². The fraction of sp³-hybridized carbons (Fsp3) is 0.450. The van der Waals surface area contributed by atoms with Gasteiger partial charge in [-0.2, -0.15) is 4.98 Å². The molecule has 1 aliphatic heterocycles. The Bertz CT molecular complexity index is 1860. The number of methoxy groups -OCH3 is 2. The number of imidazole rings is 1. The van der Waals surface area contributed by atoms with E-state index < -0.39 is 6.10 Å². The van der Waals surface area contributed by atoms with E-state index in [2.05, 4.69) is 42.6 Å². The third-order valence-electron chi connectivity index (χ3n) is 9.88. The molecule has 0 spiro atoms. The van der Waals surface area contributed by atoms with Crippen LogP contribution in [0.3, 0.4) is 0 Å². The number of aromatic nitrogens is 5. The predicted molar refractivity (Wildman–Crippen MR) is 204 cm³/mol. The second kappa shape index (κ2) is 16.6. The van der Waals surface area contributed by atoms with Crippen LogP contribution in [-0.2, 0) is 13.1 Å². The van der Waals surface area contributed by atoms with E-state index in [-0.39, 0.29) is 12.1 Å². The van der Waals surface area contributed by atoms with Crippen LogP contribution in [0.5, 0.6) is 17.5 Å². The van der Waals surface area contributed by atoms with Gasteiger partial charge in [-0.3, -0.25) is 0 Å². The summed E-state index contributed by atoms with van der Waals surface area (Å²) >= 11 is 0. The third-order valence-corrected chi connectivity index (χ3v) is 9.88. The topological polar surface area (TPSA) is 114 Å². The number of anilines is 2. The van der Waals surface area contributed by atoms with Crippen molar-refractivity contribution in [1.82, 2.24) is 29.5 Å². The number of fused-ring (bicyclic) bond motifs is 1. The van der Waals surface area contributed by atoms with E-state index in [0.29, 0.717) is 41.9 Å². The molecular formula is C40H52N8O4. The van der Waals surface area contributed by atoms with Crippen molar-refractivity contribution in [2.45, 2.75) is 77.8 Å². The molecule has 12 heteroatoms. The van der Waals surface area contributed by atoms with Gasteiger partial charge in [-0.15, -0.1) is 5.10 Å². The maximum Gasteiger partial charge on any atom is 0.336 e. The molecule has 276 valence electrons. The minimum Gasteiger partial charge on any atom is -0.497 e. The SMILES string of the molecule is CCC[C@H](C)Oc1nc(N(Cc2ccc(OC)cc2)Cc2ccc(OC)cc2)c2ncc(C(O)c3cnc(N4CCC(N(C)C)CC4)c(C)c3)n2n1. The molecule has 0 aliphatic carbocycles. The van der Waals surface area contributed by atoms with Gasteiger partial charge in [-0.25, -0.2) is 14.5 Å². The van der Waals surface area contributed by atoms with Crippen molar-refractivity contribution in [3.05, 3.63) is 94.9 Å². The van der Waals surface area contributed by atoms with Crippen molar-refractivity contribution in [2.75, 3.05) is 51.2 Å². The summed E-state index contributed by atoms with van der Waals surface area (Å²) in [6.45, 7) is 9.15. The Kier molecular flexibility index (Phi) is 11.8. The van der Waals surface area contributed by atoms with E-state index in [1.54, 1.807) is 31.1 Å². The number of piperidine rings is 1. The molecule has 1 unspecified atom stereocenters. The Balaban J connectivity index is 1.38. The Morgan fingerprint density at radius 3 is 2.06 bits per heavy atom. The summed E-state index contributed by atoms with van der Waals surface area (Å²) in [5.41, 5.74) is 4.82. The fourth-order valence-corrected chi connectivity index (χ4v) is 6.90. The lowest BCUT2D eigenvalue weighted by Gasteiger charge is -2.36. The van der Waals surface area contributed by atoms with Crippen LogP contribution in [0.2, 0.25) is 0 Å². The molecule has 0 radical (unpaired) electrons. The second-order valence-electron chi connectivity index (χ2n) is 13.9. The van der Waals surface area contributed by atoms with Crippen molar-refractivity contribution >= 4 is 17.3 Å². The van der Waals surface area contributed by atoms with Gasteiger partial charge in [0.25, 0.3) is 0 Å². The maximum absolute atomic E-state index is 11.9. The van der Waals surface area contributed by atoms with Crippen molar-refractivity contribution in [1.29, 1.82) is 0 Å². The van der Waals surface area contributed by atoms with Gasteiger partial charge in [0, 0.05) is 44.0 Å². The van der Waals surface area contributed by atoms with Crippen molar-refractivity contribution < 1.29 is 19.3 Å². The molecular weight excluding hydrogens is 656 g/mol. The van der Waals surface area contributed by atoms with Crippen LogP contribution in [-0.4, -0.2) is 88.1 Å². The highest BCUT2D eigenvalue weighted by Gasteiger charge is 2.26. The first-order chi connectivity index (χ1) is 25.2. The Labute approximate surface area is 307 Å². The molecule has 12 nitrogen and oxygen atoms in total. The number of ether oxygens (including phenoxy) is 3. The molecule has 52 heavy (non-hydrogen) atoms. The summed E-state index contributed by atoms with van der Waals surface area (Å²) in [6, 6.07) is 18.8. The fourth-order valence-electron chi connectivity index (χ4n) is 6.90. The van der Waals surface area contributed by atoms with Crippen molar-refractivity contribution in [3.8, 4) is 17.5 Å². The number of aryl methyl sites for hydroxylation is 1. The molecule has 0 saturated carbocycles. The Morgan fingerprint density at radius 1 is 0.904 bits per heavy atom. The molecule has 0 bridgehead atoms. The first kappa shape index (κ1) is 36.8. The number of benzene rings is 2. The van der Waals surface area contributed by atoms with Gasteiger partial charge in [0.1, 0.15) is 23.4 Å². The monoisotopic (exact) mass is 708 g/mol. The molecule has 1 aliphatic rings. The summed E-state index contributed by atoms with van der Waals surface area (Å²) < 4.78 is 18.8. The van der Waals surface area contributed by atoms with Crippen LogP contribution in [0.1, 0.15) is 73.6 Å². The molecule has 1 N–H and O–H groups in total. The minimum absolute atomic E-state index is 0.106. The second-order valence-corrected chi connectivity index (χ2v) is 13.9. The summed E-state index contributed by atoms with van der Waals surface area (Å²) in [4.78, 5) is 21.5. The van der Waals surface area contributed by atoms with Gasteiger partial charge in [0.05, 0.1) is 32.2 Å². The highest BCUT2D eigenvalue weighted by Crippen LogP contribution is 2.32. The lowest BCUT2D eigenvalue weighted by Crippen LogP contribution is -2.42. The van der Waals surface area contributed by atoms with Gasteiger partial charge in [-0.05, 0) is 94.2 Å². The average Bonchev–Trinajstić information content (AvgIpc) is 3.58. The highest BCUT2D eigenvalue weighted by molar-refractivity contribution is 5.65. The van der Waals surface area contributed by atoms with Crippen LogP contribution in [0.25, 0.3) is 5.65 Å². The zero-order valence-corrected chi connectivity index (χ0v) is 31.5. The number of rotatable bonds is 15. The first-order valence-corrected chi connectivity index (χ1v) is 18.2. The lowest BCUT2D eigenvalue weighted by atomic mass is 10.0. The molecule has 6 rings (SSSR count). The molecule has 2 aromatic carbocycles. The molecule has 0 amide bonds. The molecule has 1 saturated heterocycles. The number of nitrogens with zero attached hydrogens (tertiary/aromatic N) is 8. The number of aliphatic hydroxyl groups excluding tert-OH is 1. The van der Waals surface area contributed by atoms with Crippen LogP contribution >= 0.6 is 0 Å². The number of aliphatic hydroxyl groups is 1. The van der Waals surface area contributed by atoms with E-state index in [4.69, 9.17) is 34.3 Å². The molecule has 3 aromatic heterocycles. The zero-order chi connectivity index (χ0) is 36.8. The van der Waals surface area contributed by atoms with Crippen LogP contribution in [0.15, 0.2) is 67.0 Å². The first-order valence-electron chi connectivity index (χ1n) is 18.2. The van der Waals surface area contributed by atoms with Crippen LogP contribution in [0.4, 0.5) is 11.6 Å². The number of hydrogen-bond acceptors (Lipinski definition) is 11. The van der Waals surface area contributed by atoms with E-state index in [1.807, 2.05) is 61.5 Å². The quantitative estimate of drug-likeness (QED) is 0.134. The van der Waals surface area contributed by atoms with Crippen molar-refractivity contribution in [3.63, 3.8) is 0 Å². The number of hydrogen-bond donors (Lipinski definition) is 1. The summed E-state index contributed by atoms with van der Waals surface area (Å²) in [7, 11) is 7.62. The van der Waals surface area contributed by atoms with Crippen LogP contribution in [0, 0.1) is 6.92 Å². The van der Waals surface area contributed by atoms with E-state index in [9.17, 15) is 5.11 Å². The lowest BCUT2D eigenvalue weighted by molar-refractivity contribution is 0.186. The van der Waals surface area contributed by atoms with Gasteiger partial charge >= 0.3 is 6.01 Å². The number of pyridine rings is 1. The summed E-state index contributed by atoms with van der Waals surface area (Å²) in [5.74, 6) is 3.12. The molecule has 2 atom stereocenters. The third kappa shape index (κ3) is 8.40. The Hall–Kier alpha value is -4.94. The van der Waals surface area contributed by atoms with Gasteiger partial charge < -0.3 is 34.0 Å². The molecule has 1 fully saturated rings. The highest BCUT2D eigenvalue weighted by atomic mass is 16.5. The van der Waals surface area contributed by atoms with Gasteiger partial charge in [-0.1, -0.05) is 37.6 Å². The maximum atomic E-state index is 11.9. The summed E-state index contributed by atoms with van der Waals surface area (Å²) in [5, 5.41) is 16.7. The minimum atomic E-state index is -1.03. The standard InChI is InChI=1S/C40H52N8O4/c1-8-9-28(3)52-40-43-39(47(25-29-10-14-33(50-6)15-11-29)26-30-12-16-34(51-7)17-13-30)38-42-24-35(48(38)44-40)36(49)31-22-27(2)37(41-23-31)46-20-18-32(19-21-46)45(4)5/h10-17,22-24,28,32,36,49H,8-9,18-21,25-26H2,1-7H3/t28-,36?/m0/s1. The van der Waals surface area contributed by atoms with Gasteiger partial charge in [0.15, 0.2) is 11.5 Å².